The molecule has 2 aromatic heterocycles. The Morgan fingerprint density at radius 3 is 2.65 bits per heavy atom. The second-order valence-electron chi connectivity index (χ2n) is 8.91. The van der Waals surface area contributed by atoms with Gasteiger partial charge in [-0.15, -0.1) is 0 Å². The van der Waals surface area contributed by atoms with E-state index >= 15 is 0 Å². The van der Waals surface area contributed by atoms with Crippen LogP contribution in [0.2, 0.25) is 0 Å². The topological polar surface area (TPSA) is 165 Å². The van der Waals surface area contributed by atoms with Crippen LogP contribution in [-0.2, 0) is 14.3 Å². The summed E-state index contributed by atoms with van der Waals surface area (Å²) < 4.78 is 7.09. The van der Waals surface area contributed by atoms with Crippen LogP contribution in [-0.4, -0.2) is 66.3 Å². The normalized spacial score (nSPS) is 28.9. The van der Waals surface area contributed by atoms with Crippen molar-refractivity contribution in [2.45, 2.75) is 70.5 Å². The van der Waals surface area contributed by atoms with Gasteiger partial charge < -0.3 is 26.0 Å². The Morgan fingerprint density at radius 1 is 1.24 bits per heavy atom. The van der Waals surface area contributed by atoms with Gasteiger partial charge in [0.15, 0.2) is 23.8 Å². The minimum atomic E-state index is -1.41. The Hall–Kier alpha value is -3.07. The van der Waals surface area contributed by atoms with E-state index in [1.807, 2.05) is 0 Å². The molecule has 2 aliphatic rings. The number of carbonyl (C=O) groups excluding carboxylic acids is 2. The summed E-state index contributed by atoms with van der Waals surface area (Å²) in [6, 6.07) is 0. The molecule has 2 aromatic rings. The molecular weight excluding hydrogens is 440 g/mol. The van der Waals surface area contributed by atoms with E-state index in [-0.39, 0.29) is 29.0 Å². The van der Waals surface area contributed by atoms with Crippen LogP contribution < -0.4 is 11.1 Å². The third kappa shape index (κ3) is 4.75. The van der Waals surface area contributed by atoms with Gasteiger partial charge in [0.1, 0.15) is 23.5 Å². The Labute approximate surface area is 197 Å². The number of ketones is 1. The van der Waals surface area contributed by atoms with E-state index in [0.717, 1.165) is 25.7 Å². The Balaban J connectivity index is 1.52. The lowest BCUT2D eigenvalue weighted by Gasteiger charge is -2.25. The van der Waals surface area contributed by atoms with Gasteiger partial charge in [0, 0.05) is 18.9 Å². The number of likely N-dealkylation sites (N-methyl/N-ethyl adjacent to an activating group) is 1. The van der Waals surface area contributed by atoms with Gasteiger partial charge in [0.05, 0.1) is 6.33 Å². The standard InChI is InChI=1S/C23H30N6O5/c1-3-25-22(33)19-17(31)18(32)23(34-19)29-11-26-16-20(24)27-15(28-21(16)29)6-4-5-13-7-9-14(10-8-13)12(2)30/h11,13-14,17-19,23,31-32H,3,5,7-10H2,1-2H3,(H,25,33)(H2,24,27,28)/t13?,14?,17?,18?,19-,23+/m0/s1. The van der Waals surface area contributed by atoms with E-state index in [0.29, 0.717) is 24.4 Å². The molecule has 0 aromatic carbocycles. The summed E-state index contributed by atoms with van der Waals surface area (Å²) in [6.07, 6.45) is 0.711. The number of nitrogens with one attached hydrogen (secondary N) is 1. The number of hydrogen-bond acceptors (Lipinski definition) is 9. The third-order valence-corrected chi connectivity index (χ3v) is 6.58. The molecule has 0 radical (unpaired) electrons. The van der Waals surface area contributed by atoms with E-state index < -0.39 is 30.4 Å². The molecular formula is C23H30N6O5. The molecule has 0 bridgehead atoms. The number of rotatable bonds is 5. The maximum absolute atomic E-state index is 12.2. The molecule has 1 amide bonds. The Kier molecular flexibility index (Phi) is 7.11. The average molecular weight is 471 g/mol. The molecule has 182 valence electrons. The van der Waals surface area contributed by atoms with Gasteiger partial charge in [-0.2, -0.15) is 0 Å². The van der Waals surface area contributed by atoms with Crippen molar-refractivity contribution in [3.63, 3.8) is 0 Å². The van der Waals surface area contributed by atoms with Crippen molar-refractivity contribution in [3.05, 3.63) is 12.2 Å². The number of aliphatic hydroxyl groups is 2. The first kappa shape index (κ1) is 24.1. The fraction of sp³-hybridized carbons (Fsp3) is 0.609. The molecule has 5 N–H and O–H groups in total. The molecule has 2 fully saturated rings. The number of hydrogen-bond donors (Lipinski definition) is 4. The average Bonchev–Trinajstić information content (AvgIpc) is 3.36. The number of nitrogens with zero attached hydrogens (tertiary/aromatic N) is 4. The van der Waals surface area contributed by atoms with Crippen molar-refractivity contribution in [1.82, 2.24) is 24.8 Å². The fourth-order valence-electron chi connectivity index (χ4n) is 4.61. The van der Waals surface area contributed by atoms with E-state index in [1.54, 1.807) is 13.8 Å². The summed E-state index contributed by atoms with van der Waals surface area (Å²) in [5.74, 6) is 6.77. The molecule has 34 heavy (non-hydrogen) atoms. The maximum atomic E-state index is 12.2. The van der Waals surface area contributed by atoms with Gasteiger partial charge in [0.25, 0.3) is 5.91 Å². The molecule has 3 heterocycles. The molecule has 1 saturated heterocycles. The highest BCUT2D eigenvalue weighted by atomic mass is 16.6. The number of fused-ring (bicyclic) bond motifs is 1. The number of nitrogens with two attached hydrogens (primary N) is 1. The molecule has 1 aliphatic carbocycles. The van der Waals surface area contributed by atoms with E-state index in [4.69, 9.17) is 10.5 Å². The highest BCUT2D eigenvalue weighted by Gasteiger charge is 2.47. The zero-order valence-corrected chi connectivity index (χ0v) is 19.3. The first-order valence-corrected chi connectivity index (χ1v) is 11.6. The van der Waals surface area contributed by atoms with E-state index in [1.165, 1.54) is 10.9 Å². The first-order valence-electron chi connectivity index (χ1n) is 11.6. The van der Waals surface area contributed by atoms with Crippen molar-refractivity contribution in [2.75, 3.05) is 12.3 Å². The summed E-state index contributed by atoms with van der Waals surface area (Å²) in [7, 11) is 0. The molecule has 11 heteroatoms. The summed E-state index contributed by atoms with van der Waals surface area (Å²) in [5, 5.41) is 23.4. The number of aliphatic hydroxyl groups excluding tert-OH is 2. The number of aromatic nitrogens is 4. The number of ether oxygens (including phenoxy) is 1. The van der Waals surface area contributed by atoms with Gasteiger partial charge in [0.2, 0.25) is 5.82 Å². The minimum absolute atomic E-state index is 0.128. The highest BCUT2D eigenvalue weighted by Crippen LogP contribution is 2.33. The number of amides is 1. The summed E-state index contributed by atoms with van der Waals surface area (Å²) in [5.41, 5.74) is 6.65. The molecule has 4 rings (SSSR count). The predicted molar refractivity (Wildman–Crippen MR) is 122 cm³/mol. The van der Waals surface area contributed by atoms with Crippen molar-refractivity contribution in [1.29, 1.82) is 0 Å². The van der Waals surface area contributed by atoms with Crippen LogP contribution in [0.1, 0.15) is 58.0 Å². The van der Waals surface area contributed by atoms with Crippen LogP contribution in [0, 0.1) is 23.7 Å². The largest absolute Gasteiger partial charge is 0.387 e. The molecule has 0 spiro atoms. The van der Waals surface area contributed by atoms with Gasteiger partial charge >= 0.3 is 0 Å². The van der Waals surface area contributed by atoms with Gasteiger partial charge in [-0.1, -0.05) is 5.92 Å². The molecule has 11 nitrogen and oxygen atoms in total. The molecule has 4 atom stereocenters. The van der Waals surface area contributed by atoms with E-state index in [2.05, 4.69) is 32.1 Å². The van der Waals surface area contributed by atoms with Gasteiger partial charge in [-0.25, -0.2) is 15.0 Å². The highest BCUT2D eigenvalue weighted by molar-refractivity contribution is 5.83. The van der Waals surface area contributed by atoms with Crippen molar-refractivity contribution >= 4 is 28.7 Å². The van der Waals surface area contributed by atoms with E-state index in [9.17, 15) is 19.8 Å². The maximum Gasteiger partial charge on any atom is 0.252 e. The molecule has 1 saturated carbocycles. The second kappa shape index (κ2) is 10.0. The number of nitrogen functional groups attached to an aromatic ring is 1. The molecule has 2 unspecified atom stereocenters. The van der Waals surface area contributed by atoms with Crippen LogP contribution in [0.5, 0.6) is 0 Å². The van der Waals surface area contributed by atoms with Crippen LogP contribution >= 0.6 is 0 Å². The van der Waals surface area contributed by atoms with Crippen LogP contribution in [0.15, 0.2) is 6.33 Å². The molecule has 1 aliphatic heterocycles. The zero-order valence-electron chi connectivity index (χ0n) is 19.3. The number of imidazole rings is 1. The Morgan fingerprint density at radius 2 is 1.97 bits per heavy atom. The van der Waals surface area contributed by atoms with Gasteiger partial charge in [-0.05, 0) is 51.4 Å². The summed E-state index contributed by atoms with van der Waals surface area (Å²) in [4.78, 5) is 36.6. The van der Waals surface area contributed by atoms with Crippen LogP contribution in [0.25, 0.3) is 11.2 Å². The monoisotopic (exact) mass is 470 g/mol. The Bertz CT molecular complexity index is 1130. The van der Waals surface area contributed by atoms with Crippen molar-refractivity contribution in [3.8, 4) is 11.8 Å². The SMILES string of the molecule is CCNC(=O)[C@H]1O[C@@H](n2cnc3c(N)nc(C#CCC4CCC(C(C)=O)CC4)nc32)C(O)C1O. The lowest BCUT2D eigenvalue weighted by Crippen LogP contribution is -2.42. The zero-order chi connectivity index (χ0) is 24.4. The second-order valence-corrected chi connectivity index (χ2v) is 8.91. The quantitative estimate of drug-likeness (QED) is 0.450. The minimum Gasteiger partial charge on any atom is -0.387 e. The lowest BCUT2D eigenvalue weighted by molar-refractivity contribution is -0.137. The third-order valence-electron chi connectivity index (χ3n) is 6.58. The fourth-order valence-corrected chi connectivity index (χ4v) is 4.61. The smallest absolute Gasteiger partial charge is 0.252 e. The summed E-state index contributed by atoms with van der Waals surface area (Å²) in [6.45, 7) is 3.77. The predicted octanol–water partition coefficient (Wildman–Crippen LogP) is 0.301. The lowest BCUT2D eigenvalue weighted by atomic mass is 9.79. The van der Waals surface area contributed by atoms with Crippen LogP contribution in [0.4, 0.5) is 5.82 Å². The number of carbonyl (C=O) groups is 2. The van der Waals surface area contributed by atoms with Crippen molar-refractivity contribution in [2.24, 2.45) is 11.8 Å². The summed E-state index contributed by atoms with van der Waals surface area (Å²) >= 11 is 0. The number of anilines is 1. The number of Topliss-reactive ketones (excluding diaryl/α,β-unsaturated/α-hetero) is 1. The van der Waals surface area contributed by atoms with Gasteiger partial charge in [-0.3, -0.25) is 14.2 Å². The van der Waals surface area contributed by atoms with Crippen molar-refractivity contribution < 1.29 is 24.5 Å². The first-order chi connectivity index (χ1) is 16.3. The van der Waals surface area contributed by atoms with Crippen LogP contribution in [0.3, 0.4) is 0 Å².